The first-order chi connectivity index (χ1) is 28.1. The van der Waals surface area contributed by atoms with Gasteiger partial charge in [0.1, 0.15) is 35.2 Å². The van der Waals surface area contributed by atoms with Crippen LogP contribution in [0.1, 0.15) is 101 Å². The highest BCUT2D eigenvalue weighted by atomic mass is 16.6. The second-order valence-corrected chi connectivity index (χ2v) is 14.3. The average Bonchev–Trinajstić information content (AvgIpc) is 3.74. The quantitative estimate of drug-likeness (QED) is 0.0279. The summed E-state index contributed by atoms with van der Waals surface area (Å²) in [6.07, 6.45) is 8.16. The van der Waals surface area contributed by atoms with Crippen molar-refractivity contribution in [3.63, 3.8) is 0 Å². The highest BCUT2D eigenvalue weighted by Crippen LogP contribution is 2.25. The number of carbonyl (C=O) groups excluding carboxylic acids is 5. The van der Waals surface area contributed by atoms with Crippen LogP contribution >= 0.6 is 0 Å². The lowest BCUT2D eigenvalue weighted by Gasteiger charge is -2.10. The standard InChI is InChI=1S/C47H46O11/c1-31-29-41(57-44(31)49)9-5-3-7-27-53-37-19-15-35(16-20-37)46(51)55-39-23-11-33(12-24-39)43(48)34-13-25-40(26-14-34)56-47(52)36-17-21-38(22-18-36)54-28-8-4-6-10-42-30-32(2)45(50)58-42/h11-26,41-42H,1-10,27-30H2. The SMILES string of the molecule is C=C1CC(CCCCCOc2ccc(C(=O)Oc3ccc(C(=O)c4ccc(OC(=O)c5ccc(OCCCCCC6CC(=C)C(=O)O6)cc5)cc4)cc3)cc2)OC1=O. The number of benzene rings is 4. The number of rotatable bonds is 20. The fourth-order valence-electron chi connectivity index (χ4n) is 6.49. The number of unbranched alkanes of at least 4 members (excludes halogenated alkanes) is 4. The Morgan fingerprint density at radius 2 is 0.828 bits per heavy atom. The zero-order chi connectivity index (χ0) is 40.9. The van der Waals surface area contributed by atoms with Gasteiger partial charge < -0.3 is 28.4 Å². The number of cyclic esters (lactones) is 2. The van der Waals surface area contributed by atoms with Crippen molar-refractivity contribution in [2.75, 3.05) is 13.2 Å². The van der Waals surface area contributed by atoms with E-state index in [0.29, 0.717) is 71.0 Å². The Bertz CT molecular complexity index is 1920. The number of ketones is 1. The van der Waals surface area contributed by atoms with Crippen molar-refractivity contribution in [1.29, 1.82) is 0 Å². The summed E-state index contributed by atoms with van der Waals surface area (Å²) in [6, 6.07) is 25.9. The third-order valence-electron chi connectivity index (χ3n) is 9.79. The summed E-state index contributed by atoms with van der Waals surface area (Å²) in [5.41, 5.74) is 2.57. The molecule has 2 saturated heterocycles. The van der Waals surface area contributed by atoms with E-state index in [1.807, 2.05) is 0 Å². The average molecular weight is 787 g/mol. The maximum atomic E-state index is 13.1. The topological polar surface area (TPSA) is 141 Å². The third-order valence-corrected chi connectivity index (χ3v) is 9.79. The molecule has 0 aromatic heterocycles. The normalized spacial score (nSPS) is 16.1. The Kier molecular flexibility index (Phi) is 14.3. The first kappa shape index (κ1) is 41.2. The molecule has 0 saturated carbocycles. The molecule has 0 radical (unpaired) electrons. The highest BCUT2D eigenvalue weighted by molar-refractivity contribution is 6.09. The van der Waals surface area contributed by atoms with E-state index < -0.39 is 11.9 Å². The van der Waals surface area contributed by atoms with Gasteiger partial charge in [0.05, 0.1) is 24.3 Å². The van der Waals surface area contributed by atoms with Gasteiger partial charge in [-0.05, 0) is 148 Å². The number of carbonyl (C=O) groups is 5. The number of esters is 4. The van der Waals surface area contributed by atoms with Crippen LogP contribution in [0, 0.1) is 0 Å². The predicted molar refractivity (Wildman–Crippen MR) is 214 cm³/mol. The molecule has 0 N–H and O–H groups in total. The summed E-state index contributed by atoms with van der Waals surface area (Å²) in [5, 5.41) is 0. The molecule has 0 bridgehead atoms. The lowest BCUT2D eigenvalue weighted by molar-refractivity contribution is -0.140. The van der Waals surface area contributed by atoms with Crippen LogP contribution < -0.4 is 18.9 Å². The van der Waals surface area contributed by atoms with E-state index in [1.54, 1.807) is 97.1 Å². The molecular formula is C47H46O11. The monoisotopic (exact) mass is 786 g/mol. The van der Waals surface area contributed by atoms with Crippen LogP contribution in [-0.4, -0.2) is 55.1 Å². The Morgan fingerprint density at radius 1 is 0.483 bits per heavy atom. The molecule has 4 aromatic carbocycles. The second-order valence-electron chi connectivity index (χ2n) is 14.3. The summed E-state index contributed by atoms with van der Waals surface area (Å²) >= 11 is 0. The Morgan fingerprint density at radius 3 is 1.17 bits per heavy atom. The van der Waals surface area contributed by atoms with Gasteiger partial charge in [-0.25, -0.2) is 19.2 Å². The zero-order valence-corrected chi connectivity index (χ0v) is 32.3. The lowest BCUT2D eigenvalue weighted by Crippen LogP contribution is -2.09. The summed E-state index contributed by atoms with van der Waals surface area (Å²) in [5.74, 6) is -0.0715. The molecular weight excluding hydrogens is 741 g/mol. The summed E-state index contributed by atoms with van der Waals surface area (Å²) < 4.78 is 33.1. The van der Waals surface area contributed by atoms with Crippen LogP contribution in [0.5, 0.6) is 23.0 Å². The van der Waals surface area contributed by atoms with Gasteiger partial charge in [0.15, 0.2) is 5.78 Å². The van der Waals surface area contributed by atoms with Gasteiger partial charge in [-0.3, -0.25) is 4.79 Å². The van der Waals surface area contributed by atoms with Gasteiger partial charge in [0.2, 0.25) is 0 Å². The van der Waals surface area contributed by atoms with Crippen molar-refractivity contribution in [3.05, 3.63) is 144 Å². The highest BCUT2D eigenvalue weighted by Gasteiger charge is 2.27. The number of hydrogen-bond acceptors (Lipinski definition) is 11. The predicted octanol–water partition coefficient (Wildman–Crippen LogP) is 8.98. The molecule has 0 spiro atoms. The van der Waals surface area contributed by atoms with Crippen molar-refractivity contribution in [1.82, 2.24) is 0 Å². The fourth-order valence-corrected chi connectivity index (χ4v) is 6.49. The maximum Gasteiger partial charge on any atom is 0.343 e. The van der Waals surface area contributed by atoms with Crippen molar-refractivity contribution < 1.29 is 52.4 Å². The van der Waals surface area contributed by atoms with Crippen molar-refractivity contribution in [2.45, 2.75) is 76.4 Å². The molecule has 0 aliphatic carbocycles. The van der Waals surface area contributed by atoms with Gasteiger partial charge in [0.25, 0.3) is 0 Å². The van der Waals surface area contributed by atoms with Crippen molar-refractivity contribution in [2.24, 2.45) is 0 Å². The van der Waals surface area contributed by atoms with Crippen molar-refractivity contribution >= 4 is 29.7 Å². The van der Waals surface area contributed by atoms with E-state index in [-0.39, 0.29) is 41.4 Å². The maximum absolute atomic E-state index is 13.1. The van der Waals surface area contributed by atoms with Gasteiger partial charge in [0, 0.05) is 35.1 Å². The molecule has 2 heterocycles. The molecule has 2 aliphatic heterocycles. The Hall–Kier alpha value is -6.49. The molecule has 2 atom stereocenters. The first-order valence-corrected chi connectivity index (χ1v) is 19.5. The third kappa shape index (κ3) is 11.8. The minimum Gasteiger partial charge on any atom is -0.494 e. The van der Waals surface area contributed by atoms with Crippen LogP contribution in [0.3, 0.4) is 0 Å². The minimum atomic E-state index is -0.545. The van der Waals surface area contributed by atoms with Crippen molar-refractivity contribution in [3.8, 4) is 23.0 Å². The molecule has 6 rings (SSSR count). The molecule has 2 aliphatic rings. The molecule has 58 heavy (non-hydrogen) atoms. The van der Waals surface area contributed by atoms with E-state index in [4.69, 9.17) is 28.4 Å². The molecule has 0 amide bonds. The Labute approximate surface area is 337 Å². The van der Waals surface area contributed by atoms with E-state index in [2.05, 4.69) is 13.2 Å². The molecule has 2 fully saturated rings. The zero-order valence-electron chi connectivity index (χ0n) is 32.3. The van der Waals surface area contributed by atoms with Gasteiger partial charge >= 0.3 is 23.9 Å². The van der Waals surface area contributed by atoms with Crippen LogP contribution in [0.2, 0.25) is 0 Å². The smallest absolute Gasteiger partial charge is 0.343 e. The summed E-state index contributed by atoms with van der Waals surface area (Å²) in [4.78, 5) is 61.5. The van der Waals surface area contributed by atoms with Crippen LogP contribution in [0.25, 0.3) is 0 Å². The molecule has 11 nitrogen and oxygen atoms in total. The number of ether oxygens (including phenoxy) is 6. The van der Waals surface area contributed by atoms with Gasteiger partial charge in [-0.2, -0.15) is 0 Å². The second kappa shape index (κ2) is 20.1. The summed E-state index contributed by atoms with van der Waals surface area (Å²) in [6.45, 7) is 8.47. The number of hydrogen-bond donors (Lipinski definition) is 0. The van der Waals surface area contributed by atoms with E-state index in [0.717, 1.165) is 51.4 Å². The largest absolute Gasteiger partial charge is 0.494 e. The molecule has 300 valence electrons. The Balaban J connectivity index is 0.871. The molecule has 2 unspecified atom stereocenters. The van der Waals surface area contributed by atoms with Gasteiger partial charge in [-0.15, -0.1) is 0 Å². The lowest BCUT2D eigenvalue weighted by atomic mass is 10.0. The molecule has 11 heteroatoms. The van der Waals surface area contributed by atoms with Gasteiger partial charge in [-0.1, -0.05) is 13.2 Å². The van der Waals surface area contributed by atoms with E-state index in [9.17, 15) is 24.0 Å². The van der Waals surface area contributed by atoms with E-state index >= 15 is 0 Å². The van der Waals surface area contributed by atoms with Crippen LogP contribution in [0.4, 0.5) is 0 Å². The van der Waals surface area contributed by atoms with E-state index in [1.165, 1.54) is 0 Å². The summed E-state index contributed by atoms with van der Waals surface area (Å²) in [7, 11) is 0. The fraction of sp³-hybridized carbons (Fsp3) is 0.298. The van der Waals surface area contributed by atoms with Crippen LogP contribution in [0.15, 0.2) is 121 Å². The minimum absolute atomic E-state index is 0.0629. The first-order valence-electron chi connectivity index (χ1n) is 19.5. The molecule has 4 aromatic rings. The van der Waals surface area contributed by atoms with Crippen LogP contribution in [-0.2, 0) is 19.1 Å².